The molecule has 0 aliphatic carbocycles. The zero-order valence-electron chi connectivity index (χ0n) is 34.3. The lowest BCUT2D eigenvalue weighted by Crippen LogP contribution is -2.30. The Morgan fingerprint density at radius 2 is 0.736 bits per heavy atom. The van der Waals surface area contributed by atoms with Gasteiger partial charge in [-0.15, -0.1) is 0 Å². The molecule has 0 amide bonds. The quantitative estimate of drug-likeness (QED) is 0.0273. The third-order valence-electron chi connectivity index (χ3n) is 8.68. The number of allylic oxidation sites excluding steroid dienone is 12. The van der Waals surface area contributed by atoms with Crippen molar-refractivity contribution in [2.75, 3.05) is 13.2 Å². The smallest absolute Gasteiger partial charge is 0.306 e. The van der Waals surface area contributed by atoms with Crippen LogP contribution in [0.2, 0.25) is 0 Å². The van der Waals surface area contributed by atoms with Crippen LogP contribution in [0.3, 0.4) is 0 Å². The van der Waals surface area contributed by atoms with E-state index in [0.717, 1.165) is 96.3 Å². The summed E-state index contributed by atoms with van der Waals surface area (Å²) < 4.78 is 16.6. The van der Waals surface area contributed by atoms with E-state index in [2.05, 4.69) is 93.7 Å². The van der Waals surface area contributed by atoms with Crippen molar-refractivity contribution in [2.24, 2.45) is 0 Å². The van der Waals surface area contributed by atoms with E-state index in [1.54, 1.807) is 0 Å². The Labute approximate surface area is 325 Å². The summed E-state index contributed by atoms with van der Waals surface area (Å²) in [6, 6.07) is 0. The van der Waals surface area contributed by atoms with E-state index in [4.69, 9.17) is 14.2 Å². The summed E-state index contributed by atoms with van der Waals surface area (Å²) in [6.07, 6.45) is 50.5. The summed E-state index contributed by atoms with van der Waals surface area (Å²) in [4.78, 5) is 37.5. The first-order chi connectivity index (χ1) is 26.0. The fraction of sp³-hybridized carbons (Fsp3) is 0.681. The van der Waals surface area contributed by atoms with E-state index >= 15 is 0 Å². The third kappa shape index (κ3) is 39.9. The Morgan fingerprint density at radius 1 is 0.396 bits per heavy atom. The van der Waals surface area contributed by atoms with Crippen LogP contribution in [0.5, 0.6) is 0 Å². The van der Waals surface area contributed by atoms with Crippen molar-refractivity contribution in [2.45, 2.75) is 194 Å². The second-order valence-corrected chi connectivity index (χ2v) is 13.8. The summed E-state index contributed by atoms with van der Waals surface area (Å²) in [5.41, 5.74) is 0. The third-order valence-corrected chi connectivity index (χ3v) is 8.68. The molecule has 1 atom stereocenters. The number of esters is 3. The Balaban J connectivity index is 4.48. The van der Waals surface area contributed by atoms with Crippen molar-refractivity contribution in [3.63, 3.8) is 0 Å². The first-order valence-corrected chi connectivity index (χ1v) is 21.4. The molecule has 6 heteroatoms. The number of carbonyl (C=O) groups excluding carboxylic acids is 3. The molecule has 0 aromatic carbocycles. The maximum Gasteiger partial charge on any atom is 0.306 e. The maximum atomic E-state index is 12.6. The number of rotatable bonds is 37. The lowest BCUT2D eigenvalue weighted by Gasteiger charge is -2.18. The molecular formula is C47H78O6. The number of hydrogen-bond donors (Lipinski definition) is 0. The van der Waals surface area contributed by atoms with Gasteiger partial charge in [-0.05, 0) is 103 Å². The van der Waals surface area contributed by atoms with Crippen molar-refractivity contribution < 1.29 is 28.6 Å². The highest BCUT2D eigenvalue weighted by Crippen LogP contribution is 2.11. The Hall–Kier alpha value is -3.15. The summed E-state index contributed by atoms with van der Waals surface area (Å²) >= 11 is 0. The number of hydrogen-bond acceptors (Lipinski definition) is 6. The van der Waals surface area contributed by atoms with E-state index in [0.29, 0.717) is 19.3 Å². The van der Waals surface area contributed by atoms with Crippen LogP contribution >= 0.6 is 0 Å². The van der Waals surface area contributed by atoms with Gasteiger partial charge in [0.2, 0.25) is 0 Å². The van der Waals surface area contributed by atoms with Crippen LogP contribution in [-0.4, -0.2) is 37.2 Å². The normalized spacial score (nSPS) is 12.7. The molecular weight excluding hydrogens is 661 g/mol. The fourth-order valence-electron chi connectivity index (χ4n) is 5.49. The molecule has 0 aliphatic rings. The zero-order chi connectivity index (χ0) is 38.7. The molecule has 302 valence electrons. The topological polar surface area (TPSA) is 78.9 Å². The Kier molecular flexibility index (Phi) is 39.1. The van der Waals surface area contributed by atoms with E-state index < -0.39 is 6.10 Å². The zero-order valence-corrected chi connectivity index (χ0v) is 34.3. The van der Waals surface area contributed by atoms with Crippen molar-refractivity contribution in [1.29, 1.82) is 0 Å². The molecule has 0 rings (SSSR count). The van der Waals surface area contributed by atoms with Gasteiger partial charge in [0.15, 0.2) is 6.10 Å². The molecule has 0 radical (unpaired) electrons. The largest absolute Gasteiger partial charge is 0.462 e. The lowest BCUT2D eigenvalue weighted by atomic mass is 10.1. The van der Waals surface area contributed by atoms with Gasteiger partial charge < -0.3 is 14.2 Å². The van der Waals surface area contributed by atoms with Gasteiger partial charge >= 0.3 is 17.9 Å². The van der Waals surface area contributed by atoms with E-state index in [9.17, 15) is 14.4 Å². The van der Waals surface area contributed by atoms with Crippen LogP contribution < -0.4 is 0 Å². The SMILES string of the molecule is CC/C=C\C/C=C\C/C=C\CCCCC(=O)OC(COC(=O)CCCC/C=C\C/C=C\CC)COC(=O)CCCCC/C=C\CCCCCCCCC. The van der Waals surface area contributed by atoms with E-state index in [-0.39, 0.29) is 37.5 Å². The monoisotopic (exact) mass is 739 g/mol. The second-order valence-electron chi connectivity index (χ2n) is 13.8. The summed E-state index contributed by atoms with van der Waals surface area (Å²) in [7, 11) is 0. The van der Waals surface area contributed by atoms with E-state index in [1.165, 1.54) is 44.9 Å². The van der Waals surface area contributed by atoms with E-state index in [1.807, 2.05) is 0 Å². The minimum absolute atomic E-state index is 0.110. The standard InChI is InChI=1S/C47H78O6/c1-4-7-10-13-16-19-21-23-24-26-28-31-34-37-40-46(49)52-43-44(42-51-45(48)39-36-33-30-27-18-15-12-9-6-3)53-47(50)41-38-35-32-29-25-22-20-17-14-11-8-5-2/h8-9,11-12,17-18,20,24-27,29,44H,4-7,10,13-16,19,21-23,28,30-43H2,1-3H3/b11-8-,12-9-,20-17-,26-24-,27-18-,29-25-. The summed E-state index contributed by atoms with van der Waals surface area (Å²) in [5.74, 6) is -1.01. The number of carbonyl (C=O) groups is 3. The van der Waals surface area contributed by atoms with Gasteiger partial charge in [0.1, 0.15) is 13.2 Å². The summed E-state index contributed by atoms with van der Waals surface area (Å²) in [6.45, 7) is 6.28. The van der Waals surface area contributed by atoms with Crippen molar-refractivity contribution in [3.05, 3.63) is 72.9 Å². The van der Waals surface area contributed by atoms with Crippen LogP contribution in [0, 0.1) is 0 Å². The highest BCUT2D eigenvalue weighted by atomic mass is 16.6. The molecule has 0 heterocycles. The average Bonchev–Trinajstić information content (AvgIpc) is 3.15. The molecule has 53 heavy (non-hydrogen) atoms. The molecule has 0 N–H and O–H groups in total. The van der Waals surface area contributed by atoms with Crippen LogP contribution in [0.15, 0.2) is 72.9 Å². The number of ether oxygens (including phenoxy) is 3. The minimum Gasteiger partial charge on any atom is -0.462 e. The summed E-state index contributed by atoms with van der Waals surface area (Å²) in [5, 5.41) is 0. The van der Waals surface area contributed by atoms with Crippen molar-refractivity contribution in [1.82, 2.24) is 0 Å². The van der Waals surface area contributed by atoms with Crippen LogP contribution in [0.4, 0.5) is 0 Å². The van der Waals surface area contributed by atoms with Gasteiger partial charge in [0.25, 0.3) is 0 Å². The molecule has 0 aromatic heterocycles. The number of unbranched alkanes of at least 4 members (excludes halogenated alkanes) is 14. The predicted molar refractivity (Wildman–Crippen MR) is 224 cm³/mol. The van der Waals surface area contributed by atoms with Crippen molar-refractivity contribution in [3.8, 4) is 0 Å². The highest BCUT2D eigenvalue weighted by Gasteiger charge is 2.19. The molecule has 0 saturated carbocycles. The molecule has 0 fully saturated rings. The molecule has 0 aliphatic heterocycles. The van der Waals surface area contributed by atoms with Crippen molar-refractivity contribution >= 4 is 17.9 Å². The fourth-order valence-corrected chi connectivity index (χ4v) is 5.49. The van der Waals surface area contributed by atoms with Crippen LogP contribution in [0.1, 0.15) is 188 Å². The predicted octanol–water partition coefficient (Wildman–Crippen LogP) is 13.5. The van der Waals surface area contributed by atoms with Crippen LogP contribution in [0.25, 0.3) is 0 Å². The maximum absolute atomic E-state index is 12.6. The minimum atomic E-state index is -0.810. The van der Waals surface area contributed by atoms with Gasteiger partial charge in [-0.1, -0.05) is 139 Å². The molecule has 6 nitrogen and oxygen atoms in total. The molecule has 0 aromatic rings. The van der Waals surface area contributed by atoms with Gasteiger partial charge in [0.05, 0.1) is 0 Å². The highest BCUT2D eigenvalue weighted by molar-refractivity contribution is 5.71. The molecule has 0 saturated heterocycles. The Bertz CT molecular complexity index is 1030. The van der Waals surface area contributed by atoms with Crippen LogP contribution in [-0.2, 0) is 28.6 Å². The molecule has 0 spiro atoms. The van der Waals surface area contributed by atoms with Gasteiger partial charge in [-0.2, -0.15) is 0 Å². The first-order valence-electron chi connectivity index (χ1n) is 21.4. The van der Waals surface area contributed by atoms with Gasteiger partial charge in [-0.25, -0.2) is 0 Å². The lowest BCUT2D eigenvalue weighted by molar-refractivity contribution is -0.167. The Morgan fingerprint density at radius 3 is 1.21 bits per heavy atom. The van der Waals surface area contributed by atoms with Gasteiger partial charge in [0, 0.05) is 19.3 Å². The molecule has 0 bridgehead atoms. The molecule has 1 unspecified atom stereocenters. The first kappa shape index (κ1) is 49.9. The average molecular weight is 739 g/mol. The van der Waals surface area contributed by atoms with Gasteiger partial charge in [-0.3, -0.25) is 14.4 Å². The second kappa shape index (κ2) is 41.6.